The predicted octanol–water partition coefficient (Wildman–Crippen LogP) is 3.77. The third-order valence-corrected chi connectivity index (χ3v) is 3.55. The van der Waals surface area contributed by atoms with Crippen molar-refractivity contribution in [1.29, 1.82) is 0 Å². The van der Waals surface area contributed by atoms with Crippen LogP contribution in [0.25, 0.3) is 0 Å². The van der Waals surface area contributed by atoms with E-state index in [1.54, 1.807) is 0 Å². The topological polar surface area (TPSA) is 64.3 Å². The van der Waals surface area contributed by atoms with Crippen molar-refractivity contribution >= 4 is 11.5 Å². The van der Waals surface area contributed by atoms with Gasteiger partial charge in [-0.2, -0.15) is 4.98 Å². The molecule has 0 atom stereocenters. The van der Waals surface area contributed by atoms with Crippen LogP contribution in [0.1, 0.15) is 5.56 Å². The van der Waals surface area contributed by atoms with E-state index in [2.05, 4.69) is 9.97 Å². The third-order valence-electron chi connectivity index (χ3n) is 3.55. The number of aromatic nitrogens is 2. The van der Waals surface area contributed by atoms with E-state index in [0.29, 0.717) is 12.4 Å². The van der Waals surface area contributed by atoms with Gasteiger partial charge in [-0.1, -0.05) is 30.3 Å². The highest BCUT2D eigenvalue weighted by Crippen LogP contribution is 2.32. The second-order valence-electron chi connectivity index (χ2n) is 5.43. The summed E-state index contributed by atoms with van der Waals surface area (Å²) >= 11 is 0. The second kappa shape index (κ2) is 7.12. The summed E-state index contributed by atoms with van der Waals surface area (Å²) in [5.41, 5.74) is 7.33. The number of nitrogens with zero attached hydrogens (tertiary/aromatic N) is 3. The van der Waals surface area contributed by atoms with Gasteiger partial charge in [0.2, 0.25) is 5.88 Å². The lowest BCUT2D eigenvalue weighted by Crippen LogP contribution is -2.19. The van der Waals surface area contributed by atoms with Crippen molar-refractivity contribution in [1.82, 2.24) is 9.97 Å². The molecule has 0 saturated heterocycles. The molecule has 0 radical (unpaired) electrons. The summed E-state index contributed by atoms with van der Waals surface area (Å²) < 4.78 is 32.1. The van der Waals surface area contributed by atoms with Crippen LogP contribution >= 0.6 is 0 Å². The Labute approximate surface area is 143 Å². The lowest BCUT2D eigenvalue weighted by atomic mass is 10.2. The molecule has 25 heavy (non-hydrogen) atoms. The number of rotatable bonds is 5. The summed E-state index contributed by atoms with van der Waals surface area (Å²) in [7, 11) is 1.83. The van der Waals surface area contributed by atoms with Crippen molar-refractivity contribution in [2.45, 2.75) is 6.54 Å². The zero-order valence-corrected chi connectivity index (χ0v) is 13.5. The van der Waals surface area contributed by atoms with Gasteiger partial charge in [-0.05, 0) is 17.7 Å². The molecule has 0 unspecified atom stereocenters. The Morgan fingerprint density at radius 1 is 1.08 bits per heavy atom. The Hall–Kier alpha value is -3.22. The first-order valence-electron chi connectivity index (χ1n) is 7.53. The molecule has 0 spiro atoms. The zero-order chi connectivity index (χ0) is 17.8. The van der Waals surface area contributed by atoms with Crippen LogP contribution in [0, 0.1) is 11.6 Å². The summed E-state index contributed by atoms with van der Waals surface area (Å²) in [5, 5.41) is 0. The average molecular weight is 342 g/mol. The van der Waals surface area contributed by atoms with Crippen molar-refractivity contribution in [2.75, 3.05) is 17.7 Å². The Kier molecular flexibility index (Phi) is 4.74. The van der Waals surface area contributed by atoms with Crippen molar-refractivity contribution in [3.05, 3.63) is 72.1 Å². The molecule has 7 heteroatoms. The van der Waals surface area contributed by atoms with Gasteiger partial charge in [0, 0.05) is 19.7 Å². The van der Waals surface area contributed by atoms with Crippen LogP contribution in [0.3, 0.4) is 0 Å². The van der Waals surface area contributed by atoms with Crippen molar-refractivity contribution in [3.8, 4) is 11.6 Å². The van der Waals surface area contributed by atoms with Gasteiger partial charge in [0.25, 0.3) is 0 Å². The summed E-state index contributed by atoms with van der Waals surface area (Å²) in [6, 6.07) is 12.8. The van der Waals surface area contributed by atoms with Crippen LogP contribution < -0.4 is 15.4 Å². The first kappa shape index (κ1) is 16.6. The molecular weight excluding hydrogens is 326 g/mol. The monoisotopic (exact) mass is 342 g/mol. The molecule has 2 N–H and O–H groups in total. The molecule has 0 saturated carbocycles. The Morgan fingerprint density at radius 3 is 2.56 bits per heavy atom. The number of anilines is 2. The molecule has 0 aliphatic carbocycles. The molecule has 0 aliphatic rings. The fraction of sp³-hybridized carbons (Fsp3) is 0.111. The maximum absolute atomic E-state index is 13.8. The Morgan fingerprint density at radius 2 is 1.84 bits per heavy atom. The summed E-state index contributed by atoms with van der Waals surface area (Å²) in [6.45, 7) is 0.576. The fourth-order valence-corrected chi connectivity index (χ4v) is 2.35. The van der Waals surface area contributed by atoms with Crippen LogP contribution in [-0.4, -0.2) is 17.0 Å². The Balaban J connectivity index is 1.84. The molecular formula is C18H16F2N4O. The van der Waals surface area contributed by atoms with Crippen LogP contribution in [0.15, 0.2) is 54.9 Å². The molecule has 0 bridgehead atoms. The van der Waals surface area contributed by atoms with Crippen LogP contribution in [-0.2, 0) is 6.54 Å². The minimum Gasteiger partial charge on any atom is -0.434 e. The van der Waals surface area contributed by atoms with Gasteiger partial charge in [-0.25, -0.2) is 13.8 Å². The van der Waals surface area contributed by atoms with Crippen molar-refractivity contribution < 1.29 is 13.5 Å². The van der Waals surface area contributed by atoms with E-state index in [4.69, 9.17) is 10.5 Å². The maximum Gasteiger partial charge on any atom is 0.248 e. The van der Waals surface area contributed by atoms with E-state index in [-0.39, 0.29) is 17.3 Å². The van der Waals surface area contributed by atoms with Gasteiger partial charge in [0.05, 0.1) is 0 Å². The second-order valence-corrected chi connectivity index (χ2v) is 5.43. The van der Waals surface area contributed by atoms with E-state index in [0.717, 1.165) is 17.7 Å². The quantitative estimate of drug-likeness (QED) is 0.765. The number of halogens is 2. The molecule has 3 aromatic rings. The minimum absolute atomic E-state index is 0.00965. The summed E-state index contributed by atoms with van der Waals surface area (Å²) in [5.74, 6) is -1.23. The van der Waals surface area contributed by atoms with E-state index < -0.39 is 11.6 Å². The van der Waals surface area contributed by atoms with Gasteiger partial charge in [-0.3, -0.25) is 0 Å². The van der Waals surface area contributed by atoms with Gasteiger partial charge in [0.15, 0.2) is 17.4 Å². The average Bonchev–Trinajstić information content (AvgIpc) is 2.59. The molecule has 1 heterocycles. The van der Waals surface area contributed by atoms with E-state index in [1.807, 2.05) is 42.3 Å². The van der Waals surface area contributed by atoms with Gasteiger partial charge in [-0.15, -0.1) is 0 Å². The number of hydrogen-bond acceptors (Lipinski definition) is 5. The molecule has 0 amide bonds. The highest BCUT2D eigenvalue weighted by molar-refractivity contribution is 5.68. The molecule has 2 aromatic carbocycles. The molecule has 0 fully saturated rings. The zero-order valence-electron chi connectivity index (χ0n) is 13.5. The summed E-state index contributed by atoms with van der Waals surface area (Å²) in [6.07, 6.45) is 1.28. The van der Waals surface area contributed by atoms with Gasteiger partial charge in [0.1, 0.15) is 17.8 Å². The summed E-state index contributed by atoms with van der Waals surface area (Å²) in [4.78, 5) is 9.94. The smallest absolute Gasteiger partial charge is 0.248 e. The molecule has 1 aromatic heterocycles. The molecule has 5 nitrogen and oxygen atoms in total. The van der Waals surface area contributed by atoms with Crippen molar-refractivity contribution in [2.24, 2.45) is 0 Å². The van der Waals surface area contributed by atoms with E-state index in [9.17, 15) is 8.78 Å². The first-order valence-corrected chi connectivity index (χ1v) is 7.53. The largest absolute Gasteiger partial charge is 0.434 e. The van der Waals surface area contributed by atoms with E-state index in [1.165, 1.54) is 12.4 Å². The third kappa shape index (κ3) is 3.82. The lowest BCUT2D eigenvalue weighted by Gasteiger charge is -2.20. The molecule has 128 valence electrons. The normalized spacial score (nSPS) is 10.5. The highest BCUT2D eigenvalue weighted by Gasteiger charge is 2.16. The fourth-order valence-electron chi connectivity index (χ4n) is 2.35. The van der Waals surface area contributed by atoms with Crippen molar-refractivity contribution in [3.63, 3.8) is 0 Å². The molecule has 0 aliphatic heterocycles. The first-order chi connectivity index (χ1) is 12.0. The predicted molar refractivity (Wildman–Crippen MR) is 91.4 cm³/mol. The number of nitrogen functional groups attached to an aromatic ring is 1. The maximum atomic E-state index is 13.8. The highest BCUT2D eigenvalue weighted by atomic mass is 19.1. The lowest BCUT2D eigenvalue weighted by molar-refractivity contribution is 0.425. The standard InChI is InChI=1S/C18H16F2N4O/c1-24(10-12-5-3-2-4-6-12)17-16(21)18(23-11-22-17)25-15-8-7-13(19)9-14(15)20/h2-9,11H,10,21H2,1H3. The molecule has 3 rings (SSSR count). The SMILES string of the molecule is CN(Cc1ccccc1)c1ncnc(Oc2ccc(F)cc2F)c1N. The number of nitrogens with two attached hydrogens (primary N) is 1. The van der Waals surface area contributed by atoms with E-state index >= 15 is 0 Å². The van der Waals surface area contributed by atoms with Crippen LogP contribution in [0.4, 0.5) is 20.3 Å². The van der Waals surface area contributed by atoms with Crippen LogP contribution in [0.2, 0.25) is 0 Å². The van der Waals surface area contributed by atoms with Gasteiger partial charge < -0.3 is 15.4 Å². The number of benzene rings is 2. The van der Waals surface area contributed by atoms with Crippen LogP contribution in [0.5, 0.6) is 11.6 Å². The minimum atomic E-state index is -0.836. The Bertz CT molecular complexity index is 874. The number of hydrogen-bond donors (Lipinski definition) is 1. The number of ether oxygens (including phenoxy) is 1. The van der Waals surface area contributed by atoms with Gasteiger partial charge >= 0.3 is 0 Å².